The molecule has 5 atom stereocenters. The third kappa shape index (κ3) is 66.7. The van der Waals surface area contributed by atoms with Gasteiger partial charge in [0.15, 0.2) is 12.2 Å². The van der Waals surface area contributed by atoms with Gasteiger partial charge in [-0.1, -0.05) is 312 Å². The Kier molecular flexibility index (Phi) is 61.3. The number of aliphatic hydroxyl groups is 1. The monoisotopic (exact) mass is 1350 g/mol. The summed E-state index contributed by atoms with van der Waals surface area (Å²) < 4.78 is 68.4. The summed E-state index contributed by atoms with van der Waals surface area (Å²) in [5.74, 6) is 0.874. The molecule has 0 radical (unpaired) electrons. The predicted molar refractivity (Wildman–Crippen MR) is 372 cm³/mol. The van der Waals surface area contributed by atoms with Gasteiger partial charge in [-0.25, -0.2) is 9.13 Å². The SMILES string of the molecule is CC(C)CCCCCCCCCCCCCCC(=O)OC[C@H](COP(=O)(O)OCC(O)COP(=O)(O)OC[C@@H](COC(=O)CCCCCCCCCC(C)C)OC(=O)CCCCCCCCCCCCCCC(C)C)OC(=O)CCCCCCCCCCCC(C)C. The minimum atomic E-state index is -4.95. The molecule has 0 bridgehead atoms. The van der Waals surface area contributed by atoms with Crippen molar-refractivity contribution in [2.24, 2.45) is 23.7 Å². The zero-order valence-corrected chi connectivity index (χ0v) is 62.0. The molecule has 0 saturated carbocycles. The van der Waals surface area contributed by atoms with Gasteiger partial charge in [0.2, 0.25) is 0 Å². The predicted octanol–water partition coefficient (Wildman–Crippen LogP) is 20.9. The molecule has 0 aromatic heterocycles. The maximum atomic E-state index is 13.0. The molecule has 0 aromatic rings. The lowest BCUT2D eigenvalue weighted by Gasteiger charge is -2.21. The van der Waals surface area contributed by atoms with E-state index < -0.39 is 97.5 Å². The lowest BCUT2D eigenvalue weighted by molar-refractivity contribution is -0.161. The van der Waals surface area contributed by atoms with Crippen molar-refractivity contribution < 1.29 is 80.2 Å². The topological polar surface area (TPSA) is 237 Å². The molecule has 0 amide bonds. The fourth-order valence-electron chi connectivity index (χ4n) is 11.0. The molecular weight excluding hydrogens is 1210 g/mol. The van der Waals surface area contributed by atoms with Gasteiger partial charge < -0.3 is 33.8 Å². The quantitative estimate of drug-likeness (QED) is 0.0222. The van der Waals surface area contributed by atoms with E-state index in [1.807, 2.05) is 0 Å². The highest BCUT2D eigenvalue weighted by atomic mass is 31.2. The van der Waals surface area contributed by atoms with Crippen LogP contribution in [0.2, 0.25) is 0 Å². The van der Waals surface area contributed by atoms with Gasteiger partial charge >= 0.3 is 39.5 Å². The zero-order valence-electron chi connectivity index (χ0n) is 60.2. The van der Waals surface area contributed by atoms with Crippen molar-refractivity contribution in [3.63, 3.8) is 0 Å². The van der Waals surface area contributed by atoms with E-state index in [0.717, 1.165) is 114 Å². The highest BCUT2D eigenvalue weighted by Crippen LogP contribution is 2.45. The fraction of sp³-hybridized carbons (Fsp3) is 0.945. The van der Waals surface area contributed by atoms with E-state index in [1.54, 1.807) is 0 Å². The molecule has 546 valence electrons. The van der Waals surface area contributed by atoms with E-state index in [0.29, 0.717) is 31.6 Å². The van der Waals surface area contributed by atoms with Crippen molar-refractivity contribution >= 4 is 39.5 Å². The Balaban J connectivity index is 5.25. The molecule has 0 aliphatic heterocycles. The van der Waals surface area contributed by atoms with Crippen LogP contribution in [0.25, 0.3) is 0 Å². The van der Waals surface area contributed by atoms with Gasteiger partial charge in [0.05, 0.1) is 26.4 Å². The van der Waals surface area contributed by atoms with Gasteiger partial charge in [0.1, 0.15) is 19.3 Å². The molecule has 0 aliphatic rings. The summed E-state index contributed by atoms with van der Waals surface area (Å²) in [4.78, 5) is 72.7. The minimum Gasteiger partial charge on any atom is -0.462 e. The van der Waals surface area contributed by atoms with E-state index in [1.165, 1.54) is 161 Å². The van der Waals surface area contributed by atoms with Crippen molar-refractivity contribution in [2.75, 3.05) is 39.6 Å². The van der Waals surface area contributed by atoms with Gasteiger partial charge in [-0.05, 0) is 49.4 Å². The number of unbranched alkanes of at least 4 members (excludes halogenated alkanes) is 36. The lowest BCUT2D eigenvalue weighted by Crippen LogP contribution is -2.30. The Morgan fingerprint density at radius 3 is 0.674 bits per heavy atom. The largest absolute Gasteiger partial charge is 0.472 e. The number of ether oxygens (including phenoxy) is 4. The number of rotatable bonds is 70. The molecule has 92 heavy (non-hydrogen) atoms. The molecule has 0 fully saturated rings. The molecule has 0 aliphatic carbocycles. The Morgan fingerprint density at radius 1 is 0.272 bits per heavy atom. The molecule has 0 aromatic carbocycles. The summed E-state index contributed by atoms with van der Waals surface area (Å²) >= 11 is 0. The summed E-state index contributed by atoms with van der Waals surface area (Å²) in [6, 6.07) is 0. The smallest absolute Gasteiger partial charge is 0.462 e. The van der Waals surface area contributed by atoms with Crippen LogP contribution in [0.15, 0.2) is 0 Å². The van der Waals surface area contributed by atoms with Crippen molar-refractivity contribution in [3.05, 3.63) is 0 Å². The molecule has 0 rings (SSSR count). The standard InChI is InChI=1S/C73H142O17P2/c1-63(2)49-41-33-25-18-13-9-11-15-21-29-37-45-53-70(75)83-59-68(90-73(78)56-48-40-31-23-17-20-27-35-43-51-65(5)6)61-87-91(79,80)85-57-67(74)58-86-92(81,82)88-62-69(60-84-71(76)54-46-38-32-24-28-36-44-52-66(7)8)89-72(77)55-47-39-30-22-16-12-10-14-19-26-34-42-50-64(3)4/h63-69,74H,9-62H2,1-8H3,(H,79,80)(H,81,82)/t67?,68-,69-/m1/s1. The molecule has 0 spiro atoms. The second-order valence-electron chi connectivity index (χ2n) is 28.2. The third-order valence-corrected chi connectivity index (χ3v) is 18.7. The Labute approximate surface area is 562 Å². The second-order valence-corrected chi connectivity index (χ2v) is 31.1. The first kappa shape index (κ1) is 90.1. The number of esters is 4. The van der Waals surface area contributed by atoms with Crippen LogP contribution in [0.4, 0.5) is 0 Å². The van der Waals surface area contributed by atoms with Gasteiger partial charge in [-0.15, -0.1) is 0 Å². The Hall–Kier alpha value is -1.94. The molecular formula is C73H142O17P2. The first-order valence-electron chi connectivity index (χ1n) is 37.7. The van der Waals surface area contributed by atoms with Crippen LogP contribution in [-0.2, 0) is 65.4 Å². The summed E-state index contributed by atoms with van der Waals surface area (Å²) in [5, 5.41) is 10.6. The van der Waals surface area contributed by atoms with Crippen LogP contribution in [0.1, 0.15) is 364 Å². The highest BCUT2D eigenvalue weighted by molar-refractivity contribution is 7.47. The number of phosphoric ester groups is 2. The van der Waals surface area contributed by atoms with E-state index in [9.17, 15) is 43.2 Å². The van der Waals surface area contributed by atoms with E-state index in [2.05, 4.69) is 55.4 Å². The van der Waals surface area contributed by atoms with Crippen molar-refractivity contribution in [1.82, 2.24) is 0 Å². The van der Waals surface area contributed by atoms with Gasteiger partial charge in [-0.3, -0.25) is 37.3 Å². The van der Waals surface area contributed by atoms with Crippen LogP contribution >= 0.6 is 15.6 Å². The maximum Gasteiger partial charge on any atom is 0.472 e. The van der Waals surface area contributed by atoms with Crippen molar-refractivity contribution in [3.8, 4) is 0 Å². The fourth-order valence-corrected chi connectivity index (χ4v) is 12.6. The molecule has 0 heterocycles. The van der Waals surface area contributed by atoms with E-state index >= 15 is 0 Å². The first-order chi connectivity index (χ1) is 44.1. The van der Waals surface area contributed by atoms with Crippen LogP contribution < -0.4 is 0 Å². The van der Waals surface area contributed by atoms with Crippen LogP contribution in [0.5, 0.6) is 0 Å². The molecule has 3 N–H and O–H groups in total. The number of carbonyl (C=O) groups excluding carboxylic acids is 4. The van der Waals surface area contributed by atoms with E-state index in [-0.39, 0.29) is 25.7 Å². The minimum absolute atomic E-state index is 0.105. The summed E-state index contributed by atoms with van der Waals surface area (Å²) in [6.07, 6.45) is 45.9. The zero-order chi connectivity index (χ0) is 68.2. The molecule has 3 unspecified atom stereocenters. The van der Waals surface area contributed by atoms with Crippen LogP contribution in [0, 0.1) is 23.7 Å². The van der Waals surface area contributed by atoms with E-state index in [4.69, 9.17) is 37.0 Å². The number of carbonyl (C=O) groups is 4. The van der Waals surface area contributed by atoms with Crippen LogP contribution in [0.3, 0.4) is 0 Å². The van der Waals surface area contributed by atoms with Crippen LogP contribution in [-0.4, -0.2) is 96.7 Å². The van der Waals surface area contributed by atoms with Gasteiger partial charge in [0, 0.05) is 25.7 Å². The number of hydrogen-bond acceptors (Lipinski definition) is 15. The average Bonchev–Trinajstić information content (AvgIpc) is 1.54. The summed E-state index contributed by atoms with van der Waals surface area (Å²) in [7, 11) is -9.91. The van der Waals surface area contributed by atoms with Crippen molar-refractivity contribution in [2.45, 2.75) is 382 Å². The van der Waals surface area contributed by atoms with Gasteiger partial charge in [-0.2, -0.15) is 0 Å². The number of aliphatic hydroxyl groups excluding tert-OH is 1. The lowest BCUT2D eigenvalue weighted by atomic mass is 10.0. The molecule has 17 nitrogen and oxygen atoms in total. The number of phosphoric acid groups is 2. The highest BCUT2D eigenvalue weighted by Gasteiger charge is 2.30. The number of hydrogen-bond donors (Lipinski definition) is 3. The second kappa shape index (κ2) is 62.6. The third-order valence-electron chi connectivity index (χ3n) is 16.8. The Bertz CT molecular complexity index is 1820. The Morgan fingerprint density at radius 2 is 0.457 bits per heavy atom. The van der Waals surface area contributed by atoms with Gasteiger partial charge in [0.25, 0.3) is 0 Å². The summed E-state index contributed by atoms with van der Waals surface area (Å²) in [6.45, 7) is 14.1. The average molecular weight is 1350 g/mol. The first-order valence-corrected chi connectivity index (χ1v) is 40.7. The molecule has 19 heteroatoms. The normalized spacial score (nSPS) is 14.2. The maximum absolute atomic E-state index is 13.0. The summed E-state index contributed by atoms with van der Waals surface area (Å²) in [5.41, 5.74) is 0. The van der Waals surface area contributed by atoms with Crippen molar-refractivity contribution in [1.29, 1.82) is 0 Å². The molecule has 0 saturated heterocycles.